The molecule has 7 nitrogen and oxygen atoms in total. The number of fused-ring (bicyclic) bond motifs is 1. The molecule has 0 aliphatic heterocycles. The van der Waals surface area contributed by atoms with E-state index in [4.69, 9.17) is 8.83 Å². The number of benzene rings is 1. The number of amides is 2. The van der Waals surface area contributed by atoms with E-state index in [9.17, 15) is 9.59 Å². The van der Waals surface area contributed by atoms with Crippen molar-refractivity contribution in [2.45, 2.75) is 33.2 Å². The highest BCUT2D eigenvalue weighted by molar-refractivity contribution is 7.14. The van der Waals surface area contributed by atoms with E-state index in [0.717, 1.165) is 28.7 Å². The van der Waals surface area contributed by atoms with E-state index in [0.29, 0.717) is 28.7 Å². The van der Waals surface area contributed by atoms with Crippen LogP contribution < -0.4 is 5.32 Å². The number of anilines is 1. The Bertz CT molecular complexity index is 1240. The minimum absolute atomic E-state index is 0.0545. The standard InChI is InChI=1S/C23H23N3O4S/c1-4-19-18(17-7-5-6-8-20(17)30-19)12-26(3)21(27)11-15-13-31-23(24-15)25-22(28)16-9-10-29-14(16)2/h5-10,13H,4,11-12H2,1-3H3,(H,24,25,28). The number of para-hydroxylation sites is 1. The third kappa shape index (κ3) is 4.39. The average molecular weight is 438 g/mol. The molecule has 0 aliphatic carbocycles. The smallest absolute Gasteiger partial charge is 0.260 e. The van der Waals surface area contributed by atoms with E-state index in [2.05, 4.69) is 10.3 Å². The fourth-order valence-electron chi connectivity index (χ4n) is 3.45. The summed E-state index contributed by atoms with van der Waals surface area (Å²) in [6.07, 6.45) is 2.39. The van der Waals surface area contributed by atoms with Gasteiger partial charge in [0.15, 0.2) is 5.13 Å². The first-order chi connectivity index (χ1) is 15.0. The normalized spacial score (nSPS) is 11.1. The van der Waals surface area contributed by atoms with Gasteiger partial charge in [-0.25, -0.2) is 4.98 Å². The van der Waals surface area contributed by atoms with E-state index in [-0.39, 0.29) is 18.2 Å². The molecule has 0 bridgehead atoms. The first kappa shape index (κ1) is 20.9. The number of nitrogens with one attached hydrogen (secondary N) is 1. The van der Waals surface area contributed by atoms with Crippen molar-refractivity contribution in [1.29, 1.82) is 0 Å². The van der Waals surface area contributed by atoms with Crippen molar-refractivity contribution in [2.75, 3.05) is 12.4 Å². The number of rotatable bonds is 7. The van der Waals surface area contributed by atoms with Gasteiger partial charge < -0.3 is 13.7 Å². The molecule has 0 unspecified atom stereocenters. The van der Waals surface area contributed by atoms with Crippen LogP contribution in [0.3, 0.4) is 0 Å². The van der Waals surface area contributed by atoms with Gasteiger partial charge >= 0.3 is 0 Å². The summed E-state index contributed by atoms with van der Waals surface area (Å²) in [5.74, 6) is 1.11. The fourth-order valence-corrected chi connectivity index (χ4v) is 4.16. The Kier molecular flexibility index (Phi) is 5.90. The van der Waals surface area contributed by atoms with E-state index in [1.54, 1.807) is 30.3 Å². The van der Waals surface area contributed by atoms with Crippen LogP contribution in [0.25, 0.3) is 11.0 Å². The number of carbonyl (C=O) groups is 2. The van der Waals surface area contributed by atoms with Crippen LogP contribution in [0.4, 0.5) is 5.13 Å². The maximum absolute atomic E-state index is 12.8. The van der Waals surface area contributed by atoms with Crippen LogP contribution in [-0.2, 0) is 24.2 Å². The first-order valence-corrected chi connectivity index (χ1v) is 10.9. The third-order valence-electron chi connectivity index (χ3n) is 5.13. The fraction of sp³-hybridized carbons (Fsp3) is 0.261. The van der Waals surface area contributed by atoms with Gasteiger partial charge in [0.25, 0.3) is 5.91 Å². The molecule has 8 heteroatoms. The van der Waals surface area contributed by atoms with Gasteiger partial charge in [0.05, 0.1) is 23.9 Å². The first-order valence-electron chi connectivity index (χ1n) is 9.99. The van der Waals surface area contributed by atoms with Gasteiger partial charge in [-0.2, -0.15) is 0 Å². The molecular formula is C23H23N3O4S. The summed E-state index contributed by atoms with van der Waals surface area (Å²) in [5, 5.41) is 6.02. The summed E-state index contributed by atoms with van der Waals surface area (Å²) < 4.78 is 11.1. The van der Waals surface area contributed by atoms with E-state index in [1.165, 1.54) is 17.6 Å². The second-order valence-corrected chi connectivity index (χ2v) is 8.13. The molecule has 2 amide bonds. The number of thiazole rings is 1. The number of nitrogens with zero attached hydrogens (tertiary/aromatic N) is 2. The molecule has 1 aromatic carbocycles. The molecule has 0 spiro atoms. The highest BCUT2D eigenvalue weighted by Gasteiger charge is 2.19. The number of aromatic nitrogens is 1. The Balaban J connectivity index is 1.41. The molecule has 0 saturated carbocycles. The zero-order valence-electron chi connectivity index (χ0n) is 17.6. The lowest BCUT2D eigenvalue weighted by Crippen LogP contribution is -2.28. The highest BCUT2D eigenvalue weighted by atomic mass is 32.1. The van der Waals surface area contributed by atoms with Gasteiger partial charge in [-0.1, -0.05) is 25.1 Å². The second-order valence-electron chi connectivity index (χ2n) is 7.27. The summed E-state index contributed by atoms with van der Waals surface area (Å²) in [4.78, 5) is 31.2. The zero-order valence-corrected chi connectivity index (χ0v) is 18.4. The minimum Gasteiger partial charge on any atom is -0.469 e. The van der Waals surface area contributed by atoms with Crippen molar-refractivity contribution in [3.05, 3.63) is 70.3 Å². The van der Waals surface area contributed by atoms with Gasteiger partial charge in [0.2, 0.25) is 5.91 Å². The molecule has 0 aliphatic rings. The van der Waals surface area contributed by atoms with Crippen molar-refractivity contribution in [3.8, 4) is 0 Å². The van der Waals surface area contributed by atoms with Crippen molar-refractivity contribution in [1.82, 2.24) is 9.88 Å². The average Bonchev–Trinajstić information content (AvgIpc) is 3.47. The SMILES string of the molecule is CCc1oc2ccccc2c1CN(C)C(=O)Cc1csc(NC(=O)c2ccoc2C)n1. The summed E-state index contributed by atoms with van der Waals surface area (Å²) in [6, 6.07) is 9.48. The molecule has 0 atom stereocenters. The predicted octanol–water partition coefficient (Wildman–Crippen LogP) is 4.81. The summed E-state index contributed by atoms with van der Waals surface area (Å²) >= 11 is 1.29. The van der Waals surface area contributed by atoms with Gasteiger partial charge in [-0.15, -0.1) is 11.3 Å². The van der Waals surface area contributed by atoms with Crippen LogP contribution in [-0.4, -0.2) is 28.7 Å². The molecule has 0 radical (unpaired) electrons. The van der Waals surface area contributed by atoms with Crippen molar-refractivity contribution in [3.63, 3.8) is 0 Å². The zero-order chi connectivity index (χ0) is 22.0. The number of hydrogen-bond acceptors (Lipinski definition) is 6. The Hall–Kier alpha value is -3.39. The van der Waals surface area contributed by atoms with Crippen molar-refractivity contribution >= 4 is 39.3 Å². The van der Waals surface area contributed by atoms with Crippen molar-refractivity contribution in [2.24, 2.45) is 0 Å². The van der Waals surface area contributed by atoms with Crippen LogP contribution in [0.2, 0.25) is 0 Å². The molecule has 0 saturated heterocycles. The Morgan fingerprint density at radius 3 is 2.77 bits per heavy atom. The molecule has 160 valence electrons. The minimum atomic E-state index is -0.283. The topological polar surface area (TPSA) is 88.6 Å². The Labute approximate surface area is 183 Å². The lowest BCUT2D eigenvalue weighted by molar-refractivity contribution is -0.129. The molecule has 1 N–H and O–H groups in total. The van der Waals surface area contributed by atoms with Gasteiger partial charge in [-0.3, -0.25) is 14.9 Å². The predicted molar refractivity (Wildman–Crippen MR) is 119 cm³/mol. The largest absolute Gasteiger partial charge is 0.469 e. The number of aryl methyl sites for hydroxylation is 2. The summed E-state index contributed by atoms with van der Waals surface area (Å²) in [7, 11) is 1.78. The molecule has 4 aromatic rings. The van der Waals surface area contributed by atoms with E-state index < -0.39 is 0 Å². The van der Waals surface area contributed by atoms with Crippen LogP contribution in [0.15, 0.2) is 50.8 Å². The molecule has 4 rings (SSSR count). The Morgan fingerprint density at radius 2 is 2.03 bits per heavy atom. The van der Waals surface area contributed by atoms with Crippen LogP contribution >= 0.6 is 11.3 Å². The lowest BCUT2D eigenvalue weighted by Gasteiger charge is -2.17. The van der Waals surface area contributed by atoms with Crippen LogP contribution in [0.1, 0.15) is 40.1 Å². The van der Waals surface area contributed by atoms with Crippen molar-refractivity contribution < 1.29 is 18.4 Å². The summed E-state index contributed by atoms with van der Waals surface area (Å²) in [6.45, 7) is 4.23. The molecule has 31 heavy (non-hydrogen) atoms. The highest BCUT2D eigenvalue weighted by Crippen LogP contribution is 2.27. The summed E-state index contributed by atoms with van der Waals surface area (Å²) in [5.41, 5.74) is 2.96. The molecule has 3 heterocycles. The number of furan rings is 2. The Morgan fingerprint density at radius 1 is 1.23 bits per heavy atom. The molecule has 0 fully saturated rings. The number of carbonyl (C=O) groups excluding carboxylic acids is 2. The number of hydrogen-bond donors (Lipinski definition) is 1. The maximum Gasteiger partial charge on any atom is 0.260 e. The van der Waals surface area contributed by atoms with Crippen LogP contribution in [0.5, 0.6) is 0 Å². The van der Waals surface area contributed by atoms with Gasteiger partial charge in [0, 0.05) is 36.3 Å². The molecule has 3 aromatic heterocycles. The molecular weight excluding hydrogens is 414 g/mol. The van der Waals surface area contributed by atoms with Gasteiger partial charge in [0.1, 0.15) is 17.1 Å². The number of likely N-dealkylation sites (N-methyl/N-ethyl adjacent to an activating group) is 1. The lowest BCUT2D eigenvalue weighted by atomic mass is 10.1. The van der Waals surface area contributed by atoms with E-state index in [1.807, 2.05) is 31.2 Å². The maximum atomic E-state index is 12.8. The second kappa shape index (κ2) is 8.77. The monoisotopic (exact) mass is 437 g/mol. The van der Waals surface area contributed by atoms with Gasteiger partial charge in [-0.05, 0) is 19.1 Å². The van der Waals surface area contributed by atoms with E-state index >= 15 is 0 Å². The van der Waals surface area contributed by atoms with Crippen LogP contribution in [0, 0.1) is 6.92 Å². The quantitative estimate of drug-likeness (QED) is 0.448. The third-order valence-corrected chi connectivity index (χ3v) is 5.94.